The van der Waals surface area contributed by atoms with Crippen molar-refractivity contribution in [3.8, 4) is 0 Å². The lowest BCUT2D eigenvalue weighted by Crippen LogP contribution is -2.35. The summed E-state index contributed by atoms with van der Waals surface area (Å²) in [6, 6.07) is 1.85. The molecule has 1 atom stereocenters. The van der Waals surface area contributed by atoms with Crippen LogP contribution in [0.25, 0.3) is 0 Å². The number of nitrogen functional groups attached to an aromatic ring is 1. The number of ether oxygens (including phenoxy) is 1. The van der Waals surface area contributed by atoms with Gasteiger partial charge in [-0.1, -0.05) is 6.08 Å². The van der Waals surface area contributed by atoms with Gasteiger partial charge in [0.15, 0.2) is 0 Å². The standard InChI is InChI=1S/C14H20N4O2/c1-2-20-13(19)6-5-11-4-3-9-18(10-11)12-7-8-16-14(15)17-12/h5-8,11H,2-4,9-10H2,1H3,(H2,15,16,17)/b6-5+. The fourth-order valence-electron chi connectivity index (χ4n) is 2.32. The van der Waals surface area contributed by atoms with Crippen molar-refractivity contribution in [1.29, 1.82) is 0 Å². The highest BCUT2D eigenvalue weighted by molar-refractivity contribution is 5.81. The van der Waals surface area contributed by atoms with E-state index in [1.54, 1.807) is 13.1 Å². The van der Waals surface area contributed by atoms with Crippen LogP contribution in [0.5, 0.6) is 0 Å². The lowest BCUT2D eigenvalue weighted by atomic mass is 9.97. The summed E-state index contributed by atoms with van der Waals surface area (Å²) >= 11 is 0. The lowest BCUT2D eigenvalue weighted by molar-refractivity contribution is -0.137. The molecule has 6 nitrogen and oxygen atoms in total. The van der Waals surface area contributed by atoms with Crippen molar-refractivity contribution in [3.05, 3.63) is 24.4 Å². The topological polar surface area (TPSA) is 81.3 Å². The van der Waals surface area contributed by atoms with Crippen LogP contribution < -0.4 is 10.6 Å². The van der Waals surface area contributed by atoms with Crippen LogP contribution in [0, 0.1) is 5.92 Å². The third kappa shape index (κ3) is 3.94. The van der Waals surface area contributed by atoms with Crippen LogP contribution in [-0.2, 0) is 9.53 Å². The average Bonchev–Trinajstić information content (AvgIpc) is 2.46. The molecule has 2 N–H and O–H groups in total. The predicted octanol–water partition coefficient (Wildman–Crippen LogP) is 1.39. The summed E-state index contributed by atoms with van der Waals surface area (Å²) in [5.41, 5.74) is 5.61. The summed E-state index contributed by atoms with van der Waals surface area (Å²) in [6.07, 6.45) is 7.23. The third-order valence-electron chi connectivity index (χ3n) is 3.23. The highest BCUT2D eigenvalue weighted by Crippen LogP contribution is 2.22. The number of piperidine rings is 1. The van der Waals surface area contributed by atoms with Crippen molar-refractivity contribution in [2.24, 2.45) is 5.92 Å². The van der Waals surface area contributed by atoms with Crippen LogP contribution in [0.15, 0.2) is 24.4 Å². The van der Waals surface area contributed by atoms with Crippen LogP contribution in [0.2, 0.25) is 0 Å². The van der Waals surface area contributed by atoms with Crippen LogP contribution >= 0.6 is 0 Å². The molecule has 0 radical (unpaired) electrons. The maximum atomic E-state index is 11.3. The normalized spacial score (nSPS) is 19.2. The number of nitrogens with zero attached hydrogens (tertiary/aromatic N) is 3. The first-order chi connectivity index (χ1) is 9.69. The smallest absolute Gasteiger partial charge is 0.330 e. The SMILES string of the molecule is CCOC(=O)/C=C/C1CCCN(c2ccnc(N)n2)C1. The van der Waals surface area contributed by atoms with Gasteiger partial charge in [0.25, 0.3) is 0 Å². The molecule has 1 saturated heterocycles. The van der Waals surface area contributed by atoms with Gasteiger partial charge in [0.05, 0.1) is 6.61 Å². The molecular weight excluding hydrogens is 256 g/mol. The monoisotopic (exact) mass is 276 g/mol. The Bertz CT molecular complexity index is 490. The number of hydrogen-bond donors (Lipinski definition) is 1. The largest absolute Gasteiger partial charge is 0.463 e. The van der Waals surface area contributed by atoms with E-state index >= 15 is 0 Å². The van der Waals surface area contributed by atoms with Gasteiger partial charge in [0.1, 0.15) is 5.82 Å². The van der Waals surface area contributed by atoms with Crippen molar-refractivity contribution in [1.82, 2.24) is 9.97 Å². The van der Waals surface area contributed by atoms with E-state index in [0.717, 1.165) is 31.7 Å². The van der Waals surface area contributed by atoms with Gasteiger partial charge in [0, 0.05) is 25.4 Å². The molecule has 0 aromatic carbocycles. The molecule has 2 rings (SSSR count). The molecule has 0 amide bonds. The summed E-state index contributed by atoms with van der Waals surface area (Å²) in [5, 5.41) is 0. The molecule has 2 heterocycles. The maximum absolute atomic E-state index is 11.3. The highest BCUT2D eigenvalue weighted by atomic mass is 16.5. The van der Waals surface area contributed by atoms with Gasteiger partial charge in [-0.25, -0.2) is 9.78 Å². The zero-order valence-corrected chi connectivity index (χ0v) is 11.7. The van der Waals surface area contributed by atoms with Gasteiger partial charge in [-0.3, -0.25) is 0 Å². The van der Waals surface area contributed by atoms with Crippen LogP contribution in [0.4, 0.5) is 11.8 Å². The number of rotatable bonds is 4. The number of aromatic nitrogens is 2. The predicted molar refractivity (Wildman–Crippen MR) is 77.2 cm³/mol. The summed E-state index contributed by atoms with van der Waals surface area (Å²) in [7, 11) is 0. The van der Waals surface area contributed by atoms with Crippen molar-refractivity contribution < 1.29 is 9.53 Å². The molecule has 1 aromatic heterocycles. The first-order valence-corrected chi connectivity index (χ1v) is 6.87. The molecule has 0 bridgehead atoms. The van der Waals surface area contributed by atoms with Gasteiger partial charge in [-0.05, 0) is 31.7 Å². The second kappa shape index (κ2) is 6.88. The molecule has 0 aliphatic carbocycles. The zero-order chi connectivity index (χ0) is 14.4. The Morgan fingerprint density at radius 2 is 2.50 bits per heavy atom. The van der Waals surface area contributed by atoms with E-state index in [2.05, 4.69) is 14.9 Å². The third-order valence-corrected chi connectivity index (χ3v) is 3.23. The molecule has 0 saturated carbocycles. The van der Waals surface area contributed by atoms with Crippen molar-refractivity contribution >= 4 is 17.7 Å². The van der Waals surface area contributed by atoms with E-state index in [9.17, 15) is 4.79 Å². The summed E-state index contributed by atoms with van der Waals surface area (Å²) < 4.78 is 4.88. The summed E-state index contributed by atoms with van der Waals surface area (Å²) in [4.78, 5) is 21.6. The average molecular weight is 276 g/mol. The van der Waals surface area contributed by atoms with E-state index in [4.69, 9.17) is 10.5 Å². The lowest BCUT2D eigenvalue weighted by Gasteiger charge is -2.32. The molecule has 0 spiro atoms. The Labute approximate surface area is 118 Å². The van der Waals surface area contributed by atoms with Crippen LogP contribution in [0.1, 0.15) is 19.8 Å². The summed E-state index contributed by atoms with van der Waals surface area (Å²) in [5.74, 6) is 1.17. The number of carbonyl (C=O) groups excluding carboxylic acids is 1. The van der Waals surface area contributed by atoms with Gasteiger partial charge >= 0.3 is 5.97 Å². The first kappa shape index (κ1) is 14.3. The molecular formula is C14H20N4O2. The van der Waals surface area contributed by atoms with E-state index < -0.39 is 0 Å². The summed E-state index contributed by atoms with van der Waals surface area (Å²) in [6.45, 7) is 3.97. The number of anilines is 2. The van der Waals surface area contributed by atoms with E-state index in [1.807, 2.05) is 12.1 Å². The van der Waals surface area contributed by atoms with Gasteiger partial charge in [0.2, 0.25) is 5.95 Å². The molecule has 1 unspecified atom stereocenters. The number of hydrogen-bond acceptors (Lipinski definition) is 6. The van der Waals surface area contributed by atoms with E-state index in [-0.39, 0.29) is 11.9 Å². The second-order valence-electron chi connectivity index (χ2n) is 4.73. The van der Waals surface area contributed by atoms with E-state index in [0.29, 0.717) is 12.5 Å². The number of nitrogens with two attached hydrogens (primary N) is 1. The molecule has 6 heteroatoms. The first-order valence-electron chi connectivity index (χ1n) is 6.87. The Morgan fingerprint density at radius 1 is 1.65 bits per heavy atom. The minimum absolute atomic E-state index is 0.282. The zero-order valence-electron chi connectivity index (χ0n) is 11.7. The number of carbonyl (C=O) groups is 1. The minimum atomic E-state index is -0.282. The van der Waals surface area contributed by atoms with Gasteiger partial charge in [-0.15, -0.1) is 0 Å². The Balaban J connectivity index is 1.96. The van der Waals surface area contributed by atoms with Crippen molar-refractivity contribution in [3.63, 3.8) is 0 Å². The number of esters is 1. The van der Waals surface area contributed by atoms with Crippen LogP contribution in [-0.4, -0.2) is 35.6 Å². The second-order valence-corrected chi connectivity index (χ2v) is 4.73. The van der Waals surface area contributed by atoms with Gasteiger partial charge < -0.3 is 15.4 Å². The van der Waals surface area contributed by atoms with Crippen molar-refractivity contribution in [2.45, 2.75) is 19.8 Å². The fourth-order valence-corrected chi connectivity index (χ4v) is 2.32. The molecule has 20 heavy (non-hydrogen) atoms. The van der Waals surface area contributed by atoms with Crippen LogP contribution in [0.3, 0.4) is 0 Å². The van der Waals surface area contributed by atoms with Crippen molar-refractivity contribution in [2.75, 3.05) is 30.3 Å². The Kier molecular flexibility index (Phi) is 4.92. The molecule has 1 fully saturated rings. The maximum Gasteiger partial charge on any atom is 0.330 e. The van der Waals surface area contributed by atoms with Gasteiger partial charge in [-0.2, -0.15) is 4.98 Å². The van der Waals surface area contributed by atoms with E-state index in [1.165, 1.54) is 6.08 Å². The fraction of sp³-hybridized carbons (Fsp3) is 0.500. The molecule has 108 valence electrons. The highest BCUT2D eigenvalue weighted by Gasteiger charge is 2.19. The minimum Gasteiger partial charge on any atom is -0.463 e. The Hall–Kier alpha value is -2.11. The molecule has 1 aromatic rings. The Morgan fingerprint density at radius 3 is 3.25 bits per heavy atom. The quantitative estimate of drug-likeness (QED) is 0.661. The molecule has 1 aliphatic heterocycles. The molecule has 1 aliphatic rings.